The molecule has 1 amide bonds. The number of hydrogen-bond donors (Lipinski definition) is 0. The zero-order valence-electron chi connectivity index (χ0n) is 13.9. The van der Waals surface area contributed by atoms with Gasteiger partial charge in [-0.15, -0.1) is 0 Å². The van der Waals surface area contributed by atoms with Gasteiger partial charge in [0.05, 0.1) is 5.69 Å². The van der Waals surface area contributed by atoms with E-state index in [1.54, 1.807) is 6.92 Å². The number of pyridine rings is 1. The summed E-state index contributed by atoms with van der Waals surface area (Å²) in [6, 6.07) is 2.04. The predicted molar refractivity (Wildman–Crippen MR) is 87.7 cm³/mol. The fourth-order valence-corrected chi connectivity index (χ4v) is 3.13. The molecule has 0 saturated carbocycles. The van der Waals surface area contributed by atoms with Crippen LogP contribution in [0.4, 0.5) is 5.69 Å². The zero-order valence-corrected chi connectivity index (χ0v) is 13.9. The third-order valence-corrected chi connectivity index (χ3v) is 4.36. The molecular weight excluding hydrogens is 292 g/mol. The lowest BCUT2D eigenvalue weighted by atomic mass is 10.1. The van der Waals surface area contributed by atoms with Crippen molar-refractivity contribution < 1.29 is 9.32 Å². The molecule has 3 rings (SSSR count). The standard InChI is InChI=1S/C17H22N4O2/c1-12-11-18-6-5-15(12)20-7-4-8-21(10-9-20)17(22)16-13(2)19-23-14(16)3/h5-6,11H,4,7-10H2,1-3H3. The summed E-state index contributed by atoms with van der Waals surface area (Å²) in [6.45, 7) is 8.89. The van der Waals surface area contributed by atoms with Crippen LogP contribution in [0.25, 0.3) is 0 Å². The van der Waals surface area contributed by atoms with Crippen molar-refractivity contribution in [3.8, 4) is 0 Å². The summed E-state index contributed by atoms with van der Waals surface area (Å²) in [5.41, 5.74) is 3.64. The van der Waals surface area contributed by atoms with Crippen LogP contribution in [0, 0.1) is 20.8 Å². The minimum Gasteiger partial charge on any atom is -0.369 e. The minimum atomic E-state index is 0.0227. The van der Waals surface area contributed by atoms with Gasteiger partial charge in [-0.1, -0.05) is 5.16 Å². The van der Waals surface area contributed by atoms with Gasteiger partial charge in [-0.25, -0.2) is 0 Å². The van der Waals surface area contributed by atoms with E-state index in [4.69, 9.17) is 4.52 Å². The van der Waals surface area contributed by atoms with Crippen LogP contribution >= 0.6 is 0 Å². The highest BCUT2D eigenvalue weighted by atomic mass is 16.5. The number of aromatic nitrogens is 2. The molecule has 2 aromatic rings. The van der Waals surface area contributed by atoms with Crippen molar-refractivity contribution in [2.45, 2.75) is 27.2 Å². The Balaban J connectivity index is 1.74. The molecule has 0 N–H and O–H groups in total. The first kappa shape index (κ1) is 15.5. The molecule has 6 heteroatoms. The second-order valence-electron chi connectivity index (χ2n) is 5.99. The van der Waals surface area contributed by atoms with Crippen LogP contribution in [0.2, 0.25) is 0 Å². The van der Waals surface area contributed by atoms with E-state index >= 15 is 0 Å². The number of nitrogens with zero attached hydrogens (tertiary/aromatic N) is 4. The summed E-state index contributed by atoms with van der Waals surface area (Å²) in [4.78, 5) is 21.2. The minimum absolute atomic E-state index is 0.0227. The largest absolute Gasteiger partial charge is 0.369 e. The predicted octanol–water partition coefficient (Wildman–Crippen LogP) is 2.35. The molecule has 1 saturated heterocycles. The second kappa shape index (κ2) is 6.40. The van der Waals surface area contributed by atoms with E-state index in [9.17, 15) is 4.79 Å². The number of hydrogen-bond acceptors (Lipinski definition) is 5. The summed E-state index contributed by atoms with van der Waals surface area (Å²) < 4.78 is 5.13. The highest BCUT2D eigenvalue weighted by Crippen LogP contribution is 2.21. The Hall–Kier alpha value is -2.37. The first-order valence-corrected chi connectivity index (χ1v) is 7.95. The topological polar surface area (TPSA) is 62.5 Å². The third kappa shape index (κ3) is 3.06. The van der Waals surface area contributed by atoms with Crippen molar-refractivity contribution in [3.05, 3.63) is 41.0 Å². The van der Waals surface area contributed by atoms with Gasteiger partial charge in [0.2, 0.25) is 0 Å². The van der Waals surface area contributed by atoms with E-state index in [1.807, 2.05) is 30.3 Å². The molecule has 6 nitrogen and oxygen atoms in total. The van der Waals surface area contributed by atoms with E-state index < -0.39 is 0 Å². The van der Waals surface area contributed by atoms with E-state index in [2.05, 4.69) is 22.0 Å². The van der Waals surface area contributed by atoms with E-state index in [0.717, 1.165) is 31.6 Å². The van der Waals surface area contributed by atoms with Crippen LogP contribution in [0.1, 0.15) is 33.8 Å². The molecule has 1 fully saturated rings. The molecule has 0 aliphatic carbocycles. The van der Waals surface area contributed by atoms with Gasteiger partial charge in [0.15, 0.2) is 0 Å². The highest BCUT2D eigenvalue weighted by molar-refractivity contribution is 5.96. The second-order valence-corrected chi connectivity index (χ2v) is 5.99. The summed E-state index contributed by atoms with van der Waals surface area (Å²) in [7, 11) is 0. The fraction of sp³-hybridized carbons (Fsp3) is 0.471. The zero-order chi connectivity index (χ0) is 16.4. The molecule has 2 aromatic heterocycles. The van der Waals surface area contributed by atoms with Gasteiger partial charge in [-0.2, -0.15) is 0 Å². The van der Waals surface area contributed by atoms with Gasteiger partial charge in [-0.3, -0.25) is 9.78 Å². The maximum absolute atomic E-state index is 12.8. The van der Waals surface area contributed by atoms with E-state index in [1.165, 1.54) is 5.69 Å². The van der Waals surface area contributed by atoms with Gasteiger partial charge < -0.3 is 14.3 Å². The first-order valence-electron chi connectivity index (χ1n) is 7.95. The van der Waals surface area contributed by atoms with Gasteiger partial charge in [0, 0.05) is 44.3 Å². The maximum atomic E-state index is 12.8. The Morgan fingerprint density at radius 3 is 2.70 bits per heavy atom. The number of amides is 1. The highest BCUT2D eigenvalue weighted by Gasteiger charge is 2.25. The molecule has 1 aliphatic rings. The molecule has 0 spiro atoms. The summed E-state index contributed by atoms with van der Waals surface area (Å²) in [5, 5.41) is 3.89. The lowest BCUT2D eigenvalue weighted by Gasteiger charge is -2.25. The van der Waals surface area contributed by atoms with Crippen molar-refractivity contribution in [2.24, 2.45) is 0 Å². The average molecular weight is 314 g/mol. The lowest BCUT2D eigenvalue weighted by Crippen LogP contribution is -2.35. The molecule has 0 unspecified atom stereocenters. The summed E-state index contributed by atoms with van der Waals surface area (Å²) in [5.74, 6) is 0.619. The molecule has 0 bridgehead atoms. The molecule has 0 atom stereocenters. The van der Waals surface area contributed by atoms with Crippen LogP contribution in [-0.2, 0) is 0 Å². The van der Waals surface area contributed by atoms with E-state index in [0.29, 0.717) is 23.6 Å². The molecule has 0 radical (unpaired) electrons. The van der Waals surface area contributed by atoms with Crippen LogP contribution in [0.15, 0.2) is 23.0 Å². The molecular formula is C17H22N4O2. The number of rotatable bonds is 2. The van der Waals surface area contributed by atoms with Gasteiger partial charge >= 0.3 is 0 Å². The third-order valence-electron chi connectivity index (χ3n) is 4.36. The quantitative estimate of drug-likeness (QED) is 0.851. The van der Waals surface area contributed by atoms with Gasteiger partial charge in [-0.05, 0) is 38.8 Å². The molecule has 1 aliphatic heterocycles. The van der Waals surface area contributed by atoms with Crippen LogP contribution in [-0.4, -0.2) is 47.1 Å². The van der Waals surface area contributed by atoms with Crippen LogP contribution in [0.5, 0.6) is 0 Å². The number of anilines is 1. The Labute approximate surface area is 136 Å². The van der Waals surface area contributed by atoms with Gasteiger partial charge in [0.25, 0.3) is 5.91 Å². The maximum Gasteiger partial charge on any atom is 0.259 e. The fourth-order valence-electron chi connectivity index (χ4n) is 3.13. The SMILES string of the molecule is Cc1cnccc1N1CCCN(C(=O)c2c(C)noc2C)CC1. The molecule has 0 aromatic carbocycles. The van der Waals surface area contributed by atoms with E-state index in [-0.39, 0.29) is 5.91 Å². The van der Waals surface area contributed by atoms with Crippen molar-refractivity contribution in [2.75, 3.05) is 31.1 Å². The number of carbonyl (C=O) groups excluding carboxylic acids is 1. The Morgan fingerprint density at radius 2 is 2.00 bits per heavy atom. The summed E-state index contributed by atoms with van der Waals surface area (Å²) in [6.07, 6.45) is 4.64. The van der Waals surface area contributed by atoms with Crippen molar-refractivity contribution in [1.82, 2.24) is 15.0 Å². The Morgan fingerprint density at radius 1 is 1.17 bits per heavy atom. The summed E-state index contributed by atoms with van der Waals surface area (Å²) >= 11 is 0. The van der Waals surface area contributed by atoms with Gasteiger partial charge in [0.1, 0.15) is 11.3 Å². The van der Waals surface area contributed by atoms with Crippen molar-refractivity contribution in [3.63, 3.8) is 0 Å². The smallest absolute Gasteiger partial charge is 0.259 e. The first-order chi connectivity index (χ1) is 11.1. The Bertz CT molecular complexity index is 691. The Kier molecular flexibility index (Phi) is 4.32. The number of carbonyl (C=O) groups is 1. The van der Waals surface area contributed by atoms with Crippen LogP contribution in [0.3, 0.4) is 0 Å². The van der Waals surface area contributed by atoms with Crippen LogP contribution < -0.4 is 4.90 Å². The molecule has 23 heavy (non-hydrogen) atoms. The number of aryl methyl sites for hydroxylation is 3. The monoisotopic (exact) mass is 314 g/mol. The van der Waals surface area contributed by atoms with Crippen molar-refractivity contribution >= 4 is 11.6 Å². The average Bonchev–Trinajstić information content (AvgIpc) is 2.75. The normalized spacial score (nSPS) is 15.6. The molecule has 122 valence electrons. The lowest BCUT2D eigenvalue weighted by molar-refractivity contribution is 0.0764. The van der Waals surface area contributed by atoms with Crippen molar-refractivity contribution in [1.29, 1.82) is 0 Å². The molecule has 3 heterocycles.